The van der Waals surface area contributed by atoms with Crippen LogP contribution in [0.5, 0.6) is 17.2 Å². The number of hydrogen-bond donors (Lipinski definition) is 4. The Bertz CT molecular complexity index is 1590. The van der Waals surface area contributed by atoms with E-state index in [-0.39, 0.29) is 46.1 Å². The molecule has 1 aliphatic heterocycles. The second kappa shape index (κ2) is 7.81. The van der Waals surface area contributed by atoms with E-state index in [9.17, 15) is 24.6 Å². The molecule has 36 heavy (non-hydrogen) atoms. The van der Waals surface area contributed by atoms with Gasteiger partial charge in [-0.25, -0.2) is 4.98 Å². The Morgan fingerprint density at radius 3 is 2.58 bits per heavy atom. The Morgan fingerprint density at radius 2 is 1.89 bits per heavy atom. The van der Waals surface area contributed by atoms with Gasteiger partial charge in [0.15, 0.2) is 17.3 Å². The predicted molar refractivity (Wildman–Crippen MR) is 131 cm³/mol. The second-order valence-corrected chi connectivity index (χ2v) is 9.44. The topological polar surface area (TPSA) is 142 Å². The number of aromatic amines is 1. The lowest BCUT2D eigenvalue weighted by Gasteiger charge is -2.29. The van der Waals surface area contributed by atoms with Gasteiger partial charge in [-0.3, -0.25) is 14.4 Å². The van der Waals surface area contributed by atoms with Crippen LogP contribution in [0, 0.1) is 13.8 Å². The number of aromatic hydroxyl groups is 2. The van der Waals surface area contributed by atoms with Crippen LogP contribution in [0.15, 0.2) is 41.3 Å². The van der Waals surface area contributed by atoms with E-state index < -0.39 is 28.5 Å². The monoisotopic (exact) mass is 487 g/mol. The molecule has 1 aliphatic carbocycles. The zero-order valence-corrected chi connectivity index (χ0v) is 20.5. The number of Topliss-reactive ketones (excluding diaryl/α,β-unsaturated/α-hetero) is 2. The highest BCUT2D eigenvalue weighted by atomic mass is 16.5. The fourth-order valence-electron chi connectivity index (χ4n) is 4.93. The summed E-state index contributed by atoms with van der Waals surface area (Å²) in [5.41, 5.74) is 1.47. The molecule has 2 heterocycles. The highest BCUT2D eigenvalue weighted by Gasteiger charge is 2.56. The van der Waals surface area contributed by atoms with Crippen LogP contribution in [0.3, 0.4) is 0 Å². The lowest BCUT2D eigenvalue weighted by Crippen LogP contribution is -2.41. The van der Waals surface area contributed by atoms with E-state index in [1.807, 2.05) is 25.1 Å². The molecule has 9 nitrogen and oxygen atoms in total. The fourth-order valence-corrected chi connectivity index (χ4v) is 4.93. The zero-order chi connectivity index (χ0) is 26.1. The van der Waals surface area contributed by atoms with Gasteiger partial charge in [-0.15, -0.1) is 0 Å². The molecule has 5 rings (SSSR count). The minimum atomic E-state index is -1.55. The largest absolute Gasteiger partial charge is 0.507 e. The number of carbonyl (C=O) groups is 3. The number of aromatic nitrogens is 2. The normalized spacial score (nSPS) is 20.1. The van der Waals surface area contributed by atoms with Crippen molar-refractivity contribution in [2.45, 2.75) is 46.6 Å². The smallest absolute Gasteiger partial charge is 0.194 e. The summed E-state index contributed by atoms with van der Waals surface area (Å²) in [5, 5.41) is 24.5. The number of benzene rings is 2. The van der Waals surface area contributed by atoms with Gasteiger partial charge in [0.25, 0.3) is 0 Å². The third-order valence-corrected chi connectivity index (χ3v) is 6.97. The number of ether oxygens (including phenoxy) is 1. The van der Waals surface area contributed by atoms with Crippen LogP contribution in [-0.4, -0.2) is 37.5 Å². The van der Waals surface area contributed by atoms with Gasteiger partial charge in [0, 0.05) is 17.3 Å². The molecule has 3 aromatic rings. The van der Waals surface area contributed by atoms with E-state index in [4.69, 9.17) is 4.74 Å². The van der Waals surface area contributed by atoms with Crippen LogP contribution in [0.25, 0.3) is 11.0 Å². The van der Waals surface area contributed by atoms with E-state index in [1.165, 1.54) is 26.8 Å². The number of phenols is 2. The van der Waals surface area contributed by atoms with Gasteiger partial charge >= 0.3 is 0 Å². The average molecular weight is 488 g/mol. The summed E-state index contributed by atoms with van der Waals surface area (Å²) in [5.74, 6) is -1.89. The molecule has 1 atom stereocenters. The molecule has 184 valence electrons. The lowest BCUT2D eigenvalue weighted by molar-refractivity contribution is -0.123. The van der Waals surface area contributed by atoms with Crippen molar-refractivity contribution in [1.82, 2.24) is 15.3 Å². The maximum Gasteiger partial charge on any atom is 0.194 e. The van der Waals surface area contributed by atoms with Crippen molar-refractivity contribution >= 4 is 28.4 Å². The molecule has 0 fully saturated rings. The number of carbonyl (C=O) groups excluding carboxylic acids is 3. The number of imidazole rings is 1. The van der Waals surface area contributed by atoms with Crippen LogP contribution in [-0.2, 0) is 21.5 Å². The SMILES string of the molecule is CC(=O)c1c(O)c(C)c(O)c2c1OC1=CC(=O)/C(=C(/C)NCc3nc4ccc(C)cc4[nH]3)C(=O)[C@]12C. The van der Waals surface area contributed by atoms with Gasteiger partial charge in [0.2, 0.25) is 0 Å². The average Bonchev–Trinajstić information content (AvgIpc) is 3.34. The number of hydrogen-bond acceptors (Lipinski definition) is 8. The van der Waals surface area contributed by atoms with Crippen molar-refractivity contribution in [2.24, 2.45) is 0 Å². The predicted octanol–water partition coefficient (Wildman–Crippen LogP) is 3.54. The van der Waals surface area contributed by atoms with E-state index in [0.29, 0.717) is 11.5 Å². The molecule has 0 spiro atoms. The van der Waals surface area contributed by atoms with E-state index in [2.05, 4.69) is 15.3 Å². The summed E-state index contributed by atoms with van der Waals surface area (Å²) in [4.78, 5) is 46.9. The first kappa shape index (κ1) is 23.3. The Hall–Kier alpha value is -4.40. The van der Waals surface area contributed by atoms with Crippen molar-refractivity contribution < 1.29 is 29.3 Å². The summed E-state index contributed by atoms with van der Waals surface area (Å²) in [6.45, 7) is 8.09. The number of nitrogens with zero attached hydrogens (tertiary/aromatic N) is 1. The molecule has 0 bridgehead atoms. The number of aryl methyl sites for hydroxylation is 1. The number of rotatable bonds is 4. The van der Waals surface area contributed by atoms with Crippen molar-refractivity contribution in [3.8, 4) is 17.2 Å². The standard InChI is InChI=1S/C27H25N3O6/c1-11-6-7-15-16(8-11)30-19(29-15)10-28-13(3)20-17(32)9-18-27(5,26(20)35)22-24(34)12(2)23(33)21(14(4)31)25(22)36-18/h6-9,28,33-34H,10H2,1-5H3,(H,29,30)/b20-13+/t27-/m1/s1. The Kier molecular flexibility index (Phi) is 5.06. The van der Waals surface area contributed by atoms with Gasteiger partial charge in [0.05, 0.1) is 28.7 Å². The summed E-state index contributed by atoms with van der Waals surface area (Å²) in [6, 6.07) is 5.86. The summed E-state index contributed by atoms with van der Waals surface area (Å²) in [6.07, 6.45) is 1.20. The van der Waals surface area contributed by atoms with Crippen molar-refractivity contribution in [3.05, 3.63) is 69.4 Å². The second-order valence-electron chi connectivity index (χ2n) is 9.44. The summed E-state index contributed by atoms with van der Waals surface area (Å²) in [7, 11) is 0. The van der Waals surface area contributed by atoms with Crippen molar-refractivity contribution in [1.29, 1.82) is 0 Å². The molecule has 0 saturated carbocycles. The number of H-pyrrole nitrogens is 1. The number of nitrogens with one attached hydrogen (secondary N) is 2. The maximum atomic E-state index is 13.8. The summed E-state index contributed by atoms with van der Waals surface area (Å²) < 4.78 is 5.79. The van der Waals surface area contributed by atoms with Gasteiger partial charge in [-0.1, -0.05) is 6.07 Å². The molecular formula is C27H25N3O6. The molecule has 0 unspecified atom stereocenters. The molecular weight excluding hydrogens is 462 g/mol. The van der Waals surface area contributed by atoms with Gasteiger partial charge < -0.3 is 25.3 Å². The number of ketones is 3. The van der Waals surface area contributed by atoms with Gasteiger partial charge in [-0.2, -0.15) is 0 Å². The van der Waals surface area contributed by atoms with E-state index in [1.54, 1.807) is 6.92 Å². The highest BCUT2D eigenvalue weighted by molar-refractivity contribution is 6.31. The molecule has 1 aromatic heterocycles. The Labute approximate surface area is 206 Å². The fraction of sp³-hybridized carbons (Fsp3) is 0.259. The van der Waals surface area contributed by atoms with Gasteiger partial charge in [-0.05, 0) is 52.3 Å². The van der Waals surface area contributed by atoms with Crippen molar-refractivity contribution in [2.75, 3.05) is 0 Å². The molecule has 9 heteroatoms. The van der Waals surface area contributed by atoms with Crippen LogP contribution in [0.1, 0.15) is 53.6 Å². The van der Waals surface area contributed by atoms with Crippen LogP contribution in [0.4, 0.5) is 0 Å². The first-order valence-electron chi connectivity index (χ1n) is 11.4. The van der Waals surface area contributed by atoms with Crippen LogP contribution >= 0.6 is 0 Å². The first-order valence-corrected chi connectivity index (χ1v) is 11.4. The number of fused-ring (bicyclic) bond motifs is 4. The molecule has 2 aliphatic rings. The molecule has 0 amide bonds. The molecule has 4 N–H and O–H groups in total. The lowest BCUT2D eigenvalue weighted by atomic mass is 9.70. The highest BCUT2D eigenvalue weighted by Crippen LogP contribution is 2.57. The number of allylic oxidation sites excluding steroid dienone is 4. The van der Waals surface area contributed by atoms with Crippen LogP contribution < -0.4 is 10.1 Å². The maximum absolute atomic E-state index is 13.8. The van der Waals surface area contributed by atoms with Crippen LogP contribution in [0.2, 0.25) is 0 Å². The Balaban J connectivity index is 1.56. The summed E-state index contributed by atoms with van der Waals surface area (Å²) >= 11 is 0. The van der Waals surface area contributed by atoms with Crippen molar-refractivity contribution in [3.63, 3.8) is 0 Å². The molecule has 0 saturated heterocycles. The third kappa shape index (κ3) is 3.16. The van der Waals surface area contributed by atoms with Gasteiger partial charge in [0.1, 0.15) is 39.8 Å². The third-order valence-electron chi connectivity index (χ3n) is 6.97. The Morgan fingerprint density at radius 1 is 1.17 bits per heavy atom. The minimum absolute atomic E-state index is 0.000459. The quantitative estimate of drug-likeness (QED) is 0.249. The minimum Gasteiger partial charge on any atom is -0.507 e. The molecule has 2 aromatic carbocycles. The number of phenolic OH excluding ortho intramolecular Hbond substituents is 2. The van der Waals surface area contributed by atoms with E-state index >= 15 is 0 Å². The zero-order valence-electron chi connectivity index (χ0n) is 20.5. The van der Waals surface area contributed by atoms with E-state index in [0.717, 1.165) is 16.6 Å². The first-order chi connectivity index (χ1) is 16.9. The molecule has 0 radical (unpaired) electrons.